The van der Waals surface area contributed by atoms with Gasteiger partial charge in [0.05, 0.1) is 19.8 Å². The van der Waals surface area contributed by atoms with E-state index < -0.39 is 0 Å². The molecular weight excluding hydrogens is 158 g/mol. The van der Waals surface area contributed by atoms with Crippen molar-refractivity contribution in [2.45, 2.75) is 18.9 Å². The third-order valence-electron chi connectivity index (χ3n) is 2.15. The van der Waals surface area contributed by atoms with E-state index in [1.165, 1.54) is 7.11 Å². The van der Waals surface area contributed by atoms with Gasteiger partial charge in [-0.25, -0.2) is 4.79 Å². The SMILES string of the molecule is COC[C@@H]1CCCN1C(=O)OC. The van der Waals surface area contributed by atoms with Crippen LogP contribution < -0.4 is 0 Å². The molecule has 0 aromatic carbocycles. The zero-order valence-corrected chi connectivity index (χ0v) is 7.58. The Morgan fingerprint density at radius 3 is 2.92 bits per heavy atom. The van der Waals surface area contributed by atoms with E-state index in [0.29, 0.717) is 6.61 Å². The smallest absolute Gasteiger partial charge is 0.409 e. The topological polar surface area (TPSA) is 38.8 Å². The van der Waals surface area contributed by atoms with Gasteiger partial charge in [0.25, 0.3) is 0 Å². The lowest BCUT2D eigenvalue weighted by Crippen LogP contribution is -2.37. The molecule has 1 amide bonds. The summed E-state index contributed by atoms with van der Waals surface area (Å²) in [7, 11) is 3.05. The number of hydrogen-bond acceptors (Lipinski definition) is 3. The Morgan fingerprint density at radius 2 is 2.33 bits per heavy atom. The Morgan fingerprint density at radius 1 is 1.58 bits per heavy atom. The lowest BCUT2D eigenvalue weighted by molar-refractivity contribution is 0.0873. The molecule has 0 spiro atoms. The monoisotopic (exact) mass is 173 g/mol. The zero-order valence-electron chi connectivity index (χ0n) is 7.58. The number of carbonyl (C=O) groups excluding carboxylic acids is 1. The highest BCUT2D eigenvalue weighted by Crippen LogP contribution is 2.17. The number of nitrogens with zero attached hydrogens (tertiary/aromatic N) is 1. The van der Waals surface area contributed by atoms with Gasteiger partial charge in [-0.2, -0.15) is 0 Å². The van der Waals surface area contributed by atoms with E-state index in [1.807, 2.05) is 0 Å². The van der Waals surface area contributed by atoms with Crippen molar-refractivity contribution in [3.63, 3.8) is 0 Å². The Hall–Kier alpha value is -0.770. The van der Waals surface area contributed by atoms with Crippen LogP contribution in [0, 0.1) is 0 Å². The van der Waals surface area contributed by atoms with Crippen molar-refractivity contribution >= 4 is 6.09 Å². The number of amides is 1. The van der Waals surface area contributed by atoms with E-state index in [-0.39, 0.29) is 12.1 Å². The maximum atomic E-state index is 11.1. The quantitative estimate of drug-likeness (QED) is 0.621. The van der Waals surface area contributed by atoms with E-state index >= 15 is 0 Å². The first-order valence-electron chi connectivity index (χ1n) is 4.13. The van der Waals surface area contributed by atoms with Gasteiger partial charge in [-0.15, -0.1) is 0 Å². The lowest BCUT2D eigenvalue weighted by atomic mass is 10.2. The molecule has 1 fully saturated rings. The predicted molar refractivity (Wildman–Crippen MR) is 44.0 cm³/mol. The summed E-state index contributed by atoms with van der Waals surface area (Å²) in [5, 5.41) is 0. The molecule has 0 bridgehead atoms. The second-order valence-electron chi connectivity index (χ2n) is 2.91. The van der Waals surface area contributed by atoms with Gasteiger partial charge in [0.2, 0.25) is 0 Å². The second-order valence-corrected chi connectivity index (χ2v) is 2.91. The molecule has 12 heavy (non-hydrogen) atoms. The Balaban J connectivity index is 2.45. The number of hydrogen-bond donors (Lipinski definition) is 0. The van der Waals surface area contributed by atoms with Gasteiger partial charge in [0, 0.05) is 13.7 Å². The summed E-state index contributed by atoms with van der Waals surface area (Å²) in [5.41, 5.74) is 0. The van der Waals surface area contributed by atoms with Gasteiger partial charge in [0.1, 0.15) is 0 Å². The minimum absolute atomic E-state index is 0.211. The molecule has 1 aliphatic rings. The summed E-state index contributed by atoms with van der Waals surface area (Å²) in [5.74, 6) is 0. The van der Waals surface area contributed by atoms with Crippen LogP contribution in [-0.2, 0) is 9.47 Å². The second kappa shape index (κ2) is 4.30. The molecule has 4 heteroatoms. The van der Waals surface area contributed by atoms with Crippen LogP contribution in [0.1, 0.15) is 12.8 Å². The minimum atomic E-state index is -0.241. The van der Waals surface area contributed by atoms with Gasteiger partial charge in [-0.1, -0.05) is 0 Å². The molecular formula is C8H15NO3. The lowest BCUT2D eigenvalue weighted by Gasteiger charge is -2.22. The van der Waals surface area contributed by atoms with Crippen LogP contribution in [0.25, 0.3) is 0 Å². The Labute approximate surface area is 72.4 Å². The number of ether oxygens (including phenoxy) is 2. The van der Waals surface area contributed by atoms with Gasteiger partial charge in [0.15, 0.2) is 0 Å². The minimum Gasteiger partial charge on any atom is -0.453 e. The first kappa shape index (κ1) is 9.32. The highest BCUT2D eigenvalue weighted by atomic mass is 16.5. The molecule has 0 N–H and O–H groups in total. The fraction of sp³-hybridized carbons (Fsp3) is 0.875. The third-order valence-corrected chi connectivity index (χ3v) is 2.15. The molecule has 70 valence electrons. The van der Waals surface area contributed by atoms with Crippen LogP contribution >= 0.6 is 0 Å². The summed E-state index contributed by atoms with van der Waals surface area (Å²) in [6.45, 7) is 1.40. The van der Waals surface area contributed by atoms with Crippen molar-refractivity contribution in [1.29, 1.82) is 0 Å². The molecule has 1 heterocycles. The first-order chi connectivity index (χ1) is 5.79. The number of likely N-dealkylation sites (tertiary alicyclic amines) is 1. The standard InChI is InChI=1S/C8H15NO3/c1-11-6-7-4-3-5-9(7)8(10)12-2/h7H,3-6H2,1-2H3/t7-/m0/s1. The Kier molecular flexibility index (Phi) is 3.34. The van der Waals surface area contributed by atoms with Crippen molar-refractivity contribution in [3.8, 4) is 0 Å². The van der Waals surface area contributed by atoms with Crippen LogP contribution in [0.2, 0.25) is 0 Å². The fourth-order valence-corrected chi connectivity index (χ4v) is 1.56. The predicted octanol–water partition coefficient (Wildman–Crippen LogP) is 0.864. The van der Waals surface area contributed by atoms with Gasteiger partial charge < -0.3 is 14.4 Å². The molecule has 1 aliphatic heterocycles. The van der Waals surface area contributed by atoms with E-state index in [4.69, 9.17) is 4.74 Å². The number of carbonyl (C=O) groups is 1. The third kappa shape index (κ3) is 1.88. The highest BCUT2D eigenvalue weighted by Gasteiger charge is 2.28. The molecule has 0 aromatic heterocycles. The summed E-state index contributed by atoms with van der Waals surface area (Å²) >= 11 is 0. The normalized spacial score (nSPS) is 22.8. The molecule has 0 aliphatic carbocycles. The Bertz CT molecular complexity index is 160. The van der Waals surface area contributed by atoms with Crippen LogP contribution in [0.3, 0.4) is 0 Å². The van der Waals surface area contributed by atoms with E-state index in [2.05, 4.69) is 4.74 Å². The molecule has 0 saturated carbocycles. The molecule has 1 saturated heterocycles. The van der Waals surface area contributed by atoms with Crippen molar-refractivity contribution < 1.29 is 14.3 Å². The highest BCUT2D eigenvalue weighted by molar-refractivity contribution is 5.68. The molecule has 0 aromatic rings. The number of rotatable bonds is 2. The largest absolute Gasteiger partial charge is 0.453 e. The van der Waals surface area contributed by atoms with Crippen LogP contribution in [-0.4, -0.2) is 44.4 Å². The van der Waals surface area contributed by atoms with Crippen molar-refractivity contribution in [2.75, 3.05) is 27.4 Å². The average Bonchev–Trinajstić information content (AvgIpc) is 2.52. The maximum Gasteiger partial charge on any atom is 0.409 e. The van der Waals surface area contributed by atoms with Crippen LogP contribution in [0.15, 0.2) is 0 Å². The van der Waals surface area contributed by atoms with Crippen molar-refractivity contribution in [2.24, 2.45) is 0 Å². The van der Waals surface area contributed by atoms with Gasteiger partial charge in [-0.05, 0) is 12.8 Å². The average molecular weight is 173 g/mol. The molecule has 0 unspecified atom stereocenters. The summed E-state index contributed by atoms with van der Waals surface area (Å²) in [4.78, 5) is 12.9. The zero-order chi connectivity index (χ0) is 8.97. The van der Waals surface area contributed by atoms with Gasteiger partial charge >= 0.3 is 6.09 Å². The van der Waals surface area contributed by atoms with Crippen LogP contribution in [0.4, 0.5) is 4.79 Å². The van der Waals surface area contributed by atoms with E-state index in [1.54, 1.807) is 12.0 Å². The van der Waals surface area contributed by atoms with Crippen LogP contribution in [0.5, 0.6) is 0 Å². The van der Waals surface area contributed by atoms with E-state index in [0.717, 1.165) is 19.4 Å². The maximum absolute atomic E-state index is 11.1. The fourth-order valence-electron chi connectivity index (χ4n) is 1.56. The number of methoxy groups -OCH3 is 2. The molecule has 0 radical (unpaired) electrons. The van der Waals surface area contributed by atoms with Gasteiger partial charge in [-0.3, -0.25) is 0 Å². The summed E-state index contributed by atoms with van der Waals surface area (Å²) < 4.78 is 9.64. The summed E-state index contributed by atoms with van der Waals surface area (Å²) in [6, 6.07) is 0.211. The molecule has 4 nitrogen and oxygen atoms in total. The van der Waals surface area contributed by atoms with Crippen molar-refractivity contribution in [3.05, 3.63) is 0 Å². The van der Waals surface area contributed by atoms with E-state index in [9.17, 15) is 4.79 Å². The molecule has 1 atom stereocenters. The first-order valence-corrected chi connectivity index (χ1v) is 4.13. The molecule has 1 rings (SSSR count). The van der Waals surface area contributed by atoms with Crippen molar-refractivity contribution in [1.82, 2.24) is 4.90 Å². The summed E-state index contributed by atoms with van der Waals surface area (Å²) in [6.07, 6.45) is 1.82.